The Labute approximate surface area is 138 Å². The predicted octanol–water partition coefficient (Wildman–Crippen LogP) is 1.84. The number of anilines is 1. The van der Waals surface area contributed by atoms with E-state index in [1.54, 1.807) is 6.92 Å². The van der Waals surface area contributed by atoms with Gasteiger partial charge in [0.05, 0.1) is 30.1 Å². The van der Waals surface area contributed by atoms with Gasteiger partial charge in [-0.1, -0.05) is 5.21 Å². The van der Waals surface area contributed by atoms with Gasteiger partial charge < -0.3 is 14.8 Å². The van der Waals surface area contributed by atoms with Crippen LogP contribution in [-0.2, 0) is 16.0 Å². The van der Waals surface area contributed by atoms with Gasteiger partial charge in [0.15, 0.2) is 5.69 Å². The number of benzene rings is 1. The number of nitrogens with zero attached hydrogens (tertiary/aromatic N) is 3. The highest BCUT2D eigenvalue weighted by atomic mass is 19.4. The number of nitrogens with one attached hydrogen (secondary N) is 1. The lowest BCUT2D eigenvalue weighted by molar-refractivity contribution is -0.274. The van der Waals surface area contributed by atoms with Crippen LogP contribution in [0.25, 0.3) is 5.69 Å². The summed E-state index contributed by atoms with van der Waals surface area (Å²) in [6, 6.07) is 3.34. The molecule has 0 saturated heterocycles. The van der Waals surface area contributed by atoms with Gasteiger partial charge in [-0.25, -0.2) is 9.48 Å². The first-order valence-electron chi connectivity index (χ1n) is 7.10. The third kappa shape index (κ3) is 3.39. The van der Waals surface area contributed by atoms with Gasteiger partial charge in [0, 0.05) is 6.07 Å². The van der Waals surface area contributed by atoms with E-state index < -0.39 is 24.0 Å². The van der Waals surface area contributed by atoms with Crippen LogP contribution >= 0.6 is 0 Å². The summed E-state index contributed by atoms with van der Waals surface area (Å²) >= 11 is 0. The number of rotatable bonds is 3. The zero-order valence-electron chi connectivity index (χ0n) is 12.8. The molecule has 1 amide bonds. The normalized spacial score (nSPS) is 13.4. The van der Waals surface area contributed by atoms with Crippen molar-refractivity contribution >= 4 is 17.6 Å². The number of carbonyl (C=O) groups is 2. The summed E-state index contributed by atoms with van der Waals surface area (Å²) in [5.41, 5.74) is 0.232. The lowest BCUT2D eigenvalue weighted by Crippen LogP contribution is -2.17. The van der Waals surface area contributed by atoms with Gasteiger partial charge in [-0.05, 0) is 19.1 Å². The van der Waals surface area contributed by atoms with Gasteiger partial charge in [-0.3, -0.25) is 4.79 Å². The van der Waals surface area contributed by atoms with E-state index in [0.717, 1.165) is 16.8 Å². The molecular weight excluding hydrogens is 345 g/mol. The number of carbonyl (C=O) groups excluding carboxylic acids is 2. The predicted molar refractivity (Wildman–Crippen MR) is 76.3 cm³/mol. The van der Waals surface area contributed by atoms with Gasteiger partial charge >= 0.3 is 12.3 Å². The molecule has 25 heavy (non-hydrogen) atoms. The Hall–Kier alpha value is -3.11. The van der Waals surface area contributed by atoms with Gasteiger partial charge in [-0.2, -0.15) is 0 Å². The SMILES string of the molecule is CCOC(=O)c1nnn2c1CC(=O)Nc1ccc(OC(F)(F)F)cc1-2. The zero-order valence-corrected chi connectivity index (χ0v) is 12.8. The number of alkyl halides is 3. The van der Waals surface area contributed by atoms with Crippen molar-refractivity contribution in [1.29, 1.82) is 0 Å². The third-order valence-corrected chi connectivity index (χ3v) is 3.27. The molecule has 0 saturated carbocycles. The first-order chi connectivity index (χ1) is 11.8. The van der Waals surface area contributed by atoms with Crippen molar-refractivity contribution in [1.82, 2.24) is 15.0 Å². The Bertz CT molecular complexity index is 847. The van der Waals surface area contributed by atoms with Crippen LogP contribution < -0.4 is 10.1 Å². The van der Waals surface area contributed by atoms with Crippen LogP contribution in [0, 0.1) is 0 Å². The van der Waals surface area contributed by atoms with E-state index in [1.807, 2.05) is 0 Å². The fourth-order valence-electron chi connectivity index (χ4n) is 2.35. The molecule has 1 aromatic heterocycles. The highest BCUT2D eigenvalue weighted by Gasteiger charge is 2.32. The smallest absolute Gasteiger partial charge is 0.461 e. The third-order valence-electron chi connectivity index (χ3n) is 3.27. The van der Waals surface area contributed by atoms with Crippen molar-refractivity contribution in [2.45, 2.75) is 19.7 Å². The van der Waals surface area contributed by atoms with Crippen molar-refractivity contribution in [3.8, 4) is 11.4 Å². The molecule has 1 aliphatic heterocycles. The van der Waals surface area contributed by atoms with Crippen LogP contribution in [0.3, 0.4) is 0 Å². The van der Waals surface area contributed by atoms with Crippen molar-refractivity contribution in [2.75, 3.05) is 11.9 Å². The second-order valence-corrected chi connectivity index (χ2v) is 4.97. The van der Waals surface area contributed by atoms with Gasteiger partial charge in [0.25, 0.3) is 0 Å². The molecule has 11 heteroatoms. The summed E-state index contributed by atoms with van der Waals surface area (Å²) in [5, 5.41) is 9.99. The van der Waals surface area contributed by atoms with E-state index in [0.29, 0.717) is 0 Å². The highest BCUT2D eigenvalue weighted by molar-refractivity contribution is 5.98. The number of halogens is 3. The maximum absolute atomic E-state index is 12.4. The molecule has 1 aliphatic rings. The largest absolute Gasteiger partial charge is 0.573 e. The summed E-state index contributed by atoms with van der Waals surface area (Å²) in [4.78, 5) is 23.9. The van der Waals surface area contributed by atoms with Crippen LogP contribution in [0.4, 0.5) is 18.9 Å². The van der Waals surface area contributed by atoms with Gasteiger partial charge in [0.1, 0.15) is 5.75 Å². The van der Waals surface area contributed by atoms with Crippen LogP contribution in [0.1, 0.15) is 23.1 Å². The van der Waals surface area contributed by atoms with Crippen LogP contribution in [0.15, 0.2) is 18.2 Å². The molecule has 2 heterocycles. The van der Waals surface area contributed by atoms with E-state index in [9.17, 15) is 22.8 Å². The quantitative estimate of drug-likeness (QED) is 0.843. The Morgan fingerprint density at radius 1 is 1.40 bits per heavy atom. The summed E-state index contributed by atoms with van der Waals surface area (Å²) in [5.74, 6) is -1.75. The Kier molecular flexibility index (Phi) is 4.07. The molecule has 0 unspecified atom stereocenters. The summed E-state index contributed by atoms with van der Waals surface area (Å²) in [7, 11) is 0. The molecule has 0 aliphatic carbocycles. The van der Waals surface area contributed by atoms with Crippen LogP contribution in [0.2, 0.25) is 0 Å². The number of amides is 1. The summed E-state index contributed by atoms with van der Waals surface area (Å²) < 4.78 is 47.1. The van der Waals surface area contributed by atoms with Crippen molar-refractivity contribution in [2.24, 2.45) is 0 Å². The van der Waals surface area contributed by atoms with Crippen LogP contribution in [-0.4, -0.2) is 39.8 Å². The summed E-state index contributed by atoms with van der Waals surface area (Å²) in [6.45, 7) is 1.69. The van der Waals surface area contributed by atoms with E-state index in [-0.39, 0.29) is 35.8 Å². The Morgan fingerprint density at radius 3 is 2.84 bits per heavy atom. The van der Waals surface area contributed by atoms with Crippen molar-refractivity contribution in [3.05, 3.63) is 29.6 Å². The fraction of sp³-hybridized carbons (Fsp3) is 0.286. The monoisotopic (exact) mass is 356 g/mol. The topological polar surface area (TPSA) is 95.3 Å². The number of ether oxygens (including phenoxy) is 2. The molecule has 2 aromatic rings. The Morgan fingerprint density at radius 2 is 2.16 bits per heavy atom. The maximum Gasteiger partial charge on any atom is 0.573 e. The number of fused-ring (bicyclic) bond motifs is 3. The number of esters is 1. The average molecular weight is 356 g/mol. The van der Waals surface area contributed by atoms with Gasteiger partial charge in [0.2, 0.25) is 5.91 Å². The van der Waals surface area contributed by atoms with Gasteiger partial charge in [-0.15, -0.1) is 18.3 Å². The molecule has 1 aromatic carbocycles. The maximum atomic E-state index is 12.4. The lowest BCUT2D eigenvalue weighted by atomic mass is 10.2. The van der Waals surface area contributed by atoms with E-state index in [1.165, 1.54) is 6.07 Å². The minimum Gasteiger partial charge on any atom is -0.461 e. The zero-order chi connectivity index (χ0) is 18.2. The molecule has 0 atom stereocenters. The molecule has 1 N–H and O–H groups in total. The first-order valence-corrected chi connectivity index (χ1v) is 7.10. The number of hydrogen-bond donors (Lipinski definition) is 1. The first kappa shape index (κ1) is 16.7. The molecule has 0 fully saturated rings. The average Bonchev–Trinajstić information content (AvgIpc) is 2.85. The molecule has 0 bridgehead atoms. The fourth-order valence-corrected chi connectivity index (χ4v) is 2.35. The number of hydrogen-bond acceptors (Lipinski definition) is 6. The van der Waals surface area contributed by atoms with Crippen LogP contribution in [0.5, 0.6) is 5.75 Å². The molecule has 3 rings (SSSR count). The highest BCUT2D eigenvalue weighted by Crippen LogP contribution is 2.32. The Balaban J connectivity index is 2.10. The minimum absolute atomic E-state index is 0.0886. The lowest BCUT2D eigenvalue weighted by Gasteiger charge is -2.12. The molecule has 0 spiro atoms. The standard InChI is InChI=1S/C14H11F3N4O4/c1-2-24-13(23)12-10-6-11(22)18-8-4-3-7(25-14(15,16)17)5-9(8)21(10)20-19-12/h3-5H,2,6H2,1H3,(H,18,22). The second-order valence-electron chi connectivity index (χ2n) is 4.97. The van der Waals surface area contributed by atoms with Crippen molar-refractivity contribution < 1.29 is 32.2 Å². The number of aromatic nitrogens is 3. The molecule has 132 valence electrons. The van der Waals surface area contributed by atoms with E-state index in [4.69, 9.17) is 4.74 Å². The van der Waals surface area contributed by atoms with E-state index >= 15 is 0 Å². The molecule has 8 nitrogen and oxygen atoms in total. The minimum atomic E-state index is -4.87. The second kappa shape index (κ2) is 6.07. The van der Waals surface area contributed by atoms with E-state index in [2.05, 4.69) is 20.4 Å². The summed E-state index contributed by atoms with van der Waals surface area (Å²) in [6.07, 6.45) is -5.12. The van der Waals surface area contributed by atoms with Crippen molar-refractivity contribution in [3.63, 3.8) is 0 Å². The molecular formula is C14H11F3N4O4. The molecule has 0 radical (unpaired) electrons.